The van der Waals surface area contributed by atoms with Gasteiger partial charge in [0.1, 0.15) is 12.1 Å². The van der Waals surface area contributed by atoms with Gasteiger partial charge in [0.2, 0.25) is 11.8 Å². The van der Waals surface area contributed by atoms with Gasteiger partial charge in [-0.15, -0.1) is 0 Å². The lowest BCUT2D eigenvalue weighted by atomic mass is 9.80. The third-order valence-corrected chi connectivity index (χ3v) is 4.44. The molecular formula is C15H20F2N4O. The maximum absolute atomic E-state index is 13.0. The molecule has 0 bridgehead atoms. The second-order valence-corrected chi connectivity index (χ2v) is 6.30. The fraction of sp³-hybridized carbons (Fsp3) is 0.667. The van der Waals surface area contributed by atoms with Crippen LogP contribution in [0.3, 0.4) is 0 Å². The molecule has 1 aromatic rings. The largest absolute Gasteiger partial charge is 0.362 e. The van der Waals surface area contributed by atoms with Gasteiger partial charge in [-0.3, -0.25) is 4.79 Å². The van der Waals surface area contributed by atoms with E-state index in [4.69, 9.17) is 0 Å². The fourth-order valence-electron chi connectivity index (χ4n) is 3.21. The fourth-order valence-corrected chi connectivity index (χ4v) is 3.21. The zero-order chi connectivity index (χ0) is 15.9. The van der Waals surface area contributed by atoms with Gasteiger partial charge in [-0.05, 0) is 6.42 Å². The number of carbonyl (C=O) groups is 1. The SMILES string of the molecule is CN(C)c1ncnc2c1CCN(C(=O)C1CC(F)(F)C1)CC2. The zero-order valence-electron chi connectivity index (χ0n) is 12.9. The predicted molar refractivity (Wildman–Crippen MR) is 78.0 cm³/mol. The minimum absolute atomic E-state index is 0.141. The normalized spacial score (nSPS) is 20.8. The number of hydrogen-bond donors (Lipinski definition) is 0. The van der Waals surface area contributed by atoms with Crippen LogP contribution in [0.5, 0.6) is 0 Å². The molecule has 5 nitrogen and oxygen atoms in total. The van der Waals surface area contributed by atoms with Crippen LogP contribution in [0.1, 0.15) is 24.1 Å². The minimum Gasteiger partial charge on any atom is -0.362 e. The maximum Gasteiger partial charge on any atom is 0.249 e. The van der Waals surface area contributed by atoms with Gasteiger partial charge in [0.25, 0.3) is 0 Å². The number of aromatic nitrogens is 2. The summed E-state index contributed by atoms with van der Waals surface area (Å²) in [6.45, 7) is 1.08. The molecule has 1 fully saturated rings. The maximum atomic E-state index is 13.0. The summed E-state index contributed by atoms with van der Waals surface area (Å²) in [6, 6.07) is 0. The molecule has 1 aliphatic heterocycles. The average Bonchev–Trinajstić information content (AvgIpc) is 2.65. The topological polar surface area (TPSA) is 49.3 Å². The number of carbonyl (C=O) groups excluding carboxylic acids is 1. The molecule has 0 atom stereocenters. The van der Waals surface area contributed by atoms with Gasteiger partial charge >= 0.3 is 0 Å². The first-order chi connectivity index (χ1) is 10.4. The predicted octanol–water partition coefficient (Wildman–Crippen LogP) is 1.52. The highest BCUT2D eigenvalue weighted by molar-refractivity contribution is 5.80. The lowest BCUT2D eigenvalue weighted by molar-refractivity contribution is -0.159. The van der Waals surface area contributed by atoms with Crippen molar-refractivity contribution in [1.29, 1.82) is 0 Å². The van der Waals surface area contributed by atoms with Crippen LogP contribution in [0.4, 0.5) is 14.6 Å². The summed E-state index contributed by atoms with van der Waals surface area (Å²) in [5.74, 6) is -2.44. The van der Waals surface area contributed by atoms with Crippen molar-refractivity contribution in [2.45, 2.75) is 31.6 Å². The van der Waals surface area contributed by atoms with Gasteiger partial charge in [0, 0.05) is 57.9 Å². The number of hydrogen-bond acceptors (Lipinski definition) is 4. The molecule has 22 heavy (non-hydrogen) atoms. The van der Waals surface area contributed by atoms with E-state index in [1.54, 1.807) is 4.90 Å². The highest BCUT2D eigenvalue weighted by Gasteiger charge is 2.49. The molecule has 1 aliphatic carbocycles. The second kappa shape index (κ2) is 5.44. The van der Waals surface area contributed by atoms with Crippen molar-refractivity contribution in [2.75, 3.05) is 32.1 Å². The molecule has 0 aromatic carbocycles. The van der Waals surface area contributed by atoms with Crippen LogP contribution >= 0.6 is 0 Å². The third kappa shape index (κ3) is 2.76. The number of fused-ring (bicyclic) bond motifs is 1. The summed E-state index contributed by atoms with van der Waals surface area (Å²) in [7, 11) is 3.85. The monoisotopic (exact) mass is 310 g/mol. The van der Waals surface area contributed by atoms with Crippen molar-refractivity contribution in [1.82, 2.24) is 14.9 Å². The van der Waals surface area contributed by atoms with Crippen LogP contribution in [0, 0.1) is 5.92 Å². The summed E-state index contributed by atoms with van der Waals surface area (Å²) in [6.07, 6.45) is 2.24. The molecule has 2 heterocycles. The highest BCUT2D eigenvalue weighted by atomic mass is 19.3. The molecule has 120 valence electrons. The van der Waals surface area contributed by atoms with Crippen molar-refractivity contribution < 1.29 is 13.6 Å². The van der Waals surface area contributed by atoms with E-state index in [0.29, 0.717) is 25.9 Å². The Labute approximate surface area is 128 Å². The lowest BCUT2D eigenvalue weighted by Gasteiger charge is -2.36. The lowest BCUT2D eigenvalue weighted by Crippen LogP contribution is -2.47. The molecule has 0 spiro atoms. The molecule has 7 heteroatoms. The number of rotatable bonds is 2. The van der Waals surface area contributed by atoms with Gasteiger partial charge < -0.3 is 9.80 Å². The van der Waals surface area contributed by atoms with Gasteiger partial charge in [-0.2, -0.15) is 0 Å². The smallest absolute Gasteiger partial charge is 0.249 e. The van der Waals surface area contributed by atoms with Gasteiger partial charge in [-0.1, -0.05) is 0 Å². The summed E-state index contributed by atoms with van der Waals surface area (Å²) < 4.78 is 25.9. The van der Waals surface area contributed by atoms with Crippen molar-refractivity contribution in [2.24, 2.45) is 5.92 Å². The number of amides is 1. The summed E-state index contributed by atoms with van der Waals surface area (Å²) in [5.41, 5.74) is 2.01. The van der Waals surface area contributed by atoms with Crippen LogP contribution in [0.2, 0.25) is 0 Å². The van der Waals surface area contributed by atoms with Crippen LogP contribution in [0.25, 0.3) is 0 Å². The van der Waals surface area contributed by atoms with Crippen LogP contribution in [-0.4, -0.2) is 53.9 Å². The molecule has 0 saturated heterocycles. The Hall–Kier alpha value is -1.79. The van der Waals surface area contributed by atoms with E-state index in [-0.39, 0.29) is 18.7 Å². The summed E-state index contributed by atoms with van der Waals surface area (Å²) in [4.78, 5) is 24.6. The van der Waals surface area contributed by atoms with Crippen molar-refractivity contribution in [3.63, 3.8) is 0 Å². The Kier molecular flexibility index (Phi) is 3.74. The van der Waals surface area contributed by atoms with E-state index in [1.807, 2.05) is 19.0 Å². The Morgan fingerprint density at radius 2 is 1.95 bits per heavy atom. The number of alkyl halides is 2. The molecule has 0 N–H and O–H groups in total. The first-order valence-electron chi connectivity index (χ1n) is 7.54. The highest BCUT2D eigenvalue weighted by Crippen LogP contribution is 2.43. The number of nitrogens with zero attached hydrogens (tertiary/aromatic N) is 4. The van der Waals surface area contributed by atoms with Crippen molar-refractivity contribution >= 4 is 11.7 Å². The van der Waals surface area contributed by atoms with Crippen molar-refractivity contribution in [3.8, 4) is 0 Å². The summed E-state index contributed by atoms with van der Waals surface area (Å²) in [5, 5.41) is 0. The third-order valence-electron chi connectivity index (χ3n) is 4.44. The average molecular weight is 310 g/mol. The van der Waals surface area contributed by atoms with Gasteiger partial charge in [0.05, 0.1) is 5.69 Å². The molecule has 2 aliphatic rings. The molecule has 3 rings (SSSR count). The molecular weight excluding hydrogens is 290 g/mol. The van der Waals surface area contributed by atoms with E-state index >= 15 is 0 Å². The summed E-state index contributed by atoms with van der Waals surface area (Å²) >= 11 is 0. The Morgan fingerprint density at radius 3 is 2.59 bits per heavy atom. The Bertz CT molecular complexity index is 583. The van der Waals surface area contributed by atoms with Gasteiger partial charge in [0.15, 0.2) is 0 Å². The van der Waals surface area contributed by atoms with Crippen molar-refractivity contribution in [3.05, 3.63) is 17.6 Å². The number of halogens is 2. The first-order valence-corrected chi connectivity index (χ1v) is 7.54. The van der Waals surface area contributed by atoms with Crippen LogP contribution in [-0.2, 0) is 17.6 Å². The molecule has 0 radical (unpaired) electrons. The molecule has 0 unspecified atom stereocenters. The quantitative estimate of drug-likeness (QED) is 0.831. The zero-order valence-corrected chi connectivity index (χ0v) is 12.9. The molecule has 1 amide bonds. The van der Waals surface area contributed by atoms with E-state index < -0.39 is 11.8 Å². The molecule has 1 saturated carbocycles. The minimum atomic E-state index is -2.65. The molecule has 1 aromatic heterocycles. The first kappa shape index (κ1) is 15.1. The van der Waals surface area contributed by atoms with E-state index in [1.165, 1.54) is 6.33 Å². The van der Waals surface area contributed by atoms with E-state index in [0.717, 1.165) is 17.1 Å². The van der Waals surface area contributed by atoms with Crippen LogP contribution < -0.4 is 4.90 Å². The van der Waals surface area contributed by atoms with Gasteiger partial charge in [-0.25, -0.2) is 18.7 Å². The van der Waals surface area contributed by atoms with E-state index in [9.17, 15) is 13.6 Å². The Balaban J connectivity index is 1.71. The van der Waals surface area contributed by atoms with Crippen LogP contribution in [0.15, 0.2) is 6.33 Å². The van der Waals surface area contributed by atoms with E-state index in [2.05, 4.69) is 9.97 Å². The Morgan fingerprint density at radius 1 is 1.27 bits per heavy atom. The number of anilines is 1. The standard InChI is InChI=1S/C15H20F2N4O/c1-20(2)13-11-3-5-21(6-4-12(11)18-9-19-13)14(22)10-7-15(16,17)8-10/h9-10H,3-8H2,1-2H3. The second-order valence-electron chi connectivity index (χ2n) is 6.30.